The average Bonchev–Trinajstić information content (AvgIpc) is 2.82. The van der Waals surface area contributed by atoms with E-state index in [1.807, 2.05) is 16.9 Å². The van der Waals surface area contributed by atoms with E-state index in [-0.39, 0.29) is 0 Å². The fraction of sp³-hybridized carbons (Fsp3) is 0.400. The number of halogens is 2. The molecule has 5 heteroatoms. The Morgan fingerprint density at radius 2 is 1.90 bits per heavy atom. The SMILES string of the molecule is CC(C)n1ccc(CNCCc2cc(F)cc(F)c2)n1. The molecule has 1 N–H and O–H groups in total. The number of benzene rings is 1. The lowest BCUT2D eigenvalue weighted by molar-refractivity contribution is 0.521. The third kappa shape index (κ3) is 4.13. The van der Waals surface area contributed by atoms with Crippen molar-refractivity contribution in [1.29, 1.82) is 0 Å². The molecule has 1 heterocycles. The van der Waals surface area contributed by atoms with Crippen molar-refractivity contribution in [2.24, 2.45) is 0 Å². The molecular formula is C15H19F2N3. The van der Waals surface area contributed by atoms with E-state index in [0.717, 1.165) is 11.8 Å². The molecule has 0 atom stereocenters. The van der Waals surface area contributed by atoms with E-state index < -0.39 is 11.6 Å². The molecule has 0 saturated heterocycles. The van der Waals surface area contributed by atoms with Crippen molar-refractivity contribution in [3.05, 3.63) is 53.4 Å². The molecule has 0 spiro atoms. The van der Waals surface area contributed by atoms with Gasteiger partial charge in [0.05, 0.1) is 5.69 Å². The molecule has 0 amide bonds. The molecule has 0 saturated carbocycles. The number of nitrogens with one attached hydrogen (secondary N) is 1. The monoisotopic (exact) mass is 279 g/mol. The molecule has 0 aliphatic rings. The van der Waals surface area contributed by atoms with Gasteiger partial charge in [0, 0.05) is 24.8 Å². The third-order valence-electron chi connectivity index (χ3n) is 3.01. The van der Waals surface area contributed by atoms with Crippen LogP contribution in [-0.2, 0) is 13.0 Å². The summed E-state index contributed by atoms with van der Waals surface area (Å²) in [4.78, 5) is 0. The summed E-state index contributed by atoms with van der Waals surface area (Å²) in [5.41, 5.74) is 1.62. The smallest absolute Gasteiger partial charge is 0.126 e. The van der Waals surface area contributed by atoms with Gasteiger partial charge in [-0.25, -0.2) is 8.78 Å². The highest BCUT2D eigenvalue weighted by Crippen LogP contribution is 2.08. The van der Waals surface area contributed by atoms with Crippen LogP contribution in [0, 0.1) is 11.6 Å². The Morgan fingerprint density at radius 1 is 1.20 bits per heavy atom. The minimum atomic E-state index is -0.532. The van der Waals surface area contributed by atoms with Gasteiger partial charge in [-0.1, -0.05) is 0 Å². The highest BCUT2D eigenvalue weighted by Gasteiger charge is 2.03. The maximum Gasteiger partial charge on any atom is 0.126 e. The summed E-state index contributed by atoms with van der Waals surface area (Å²) in [6.45, 7) is 5.44. The standard InChI is InChI=1S/C15H19F2N3/c1-11(2)20-6-4-15(19-20)10-18-5-3-12-7-13(16)9-14(17)8-12/h4,6-9,11,18H,3,5,10H2,1-2H3. The summed E-state index contributed by atoms with van der Waals surface area (Å²) in [5, 5.41) is 7.64. The molecule has 0 aliphatic heterocycles. The zero-order valence-electron chi connectivity index (χ0n) is 11.7. The first-order valence-corrected chi connectivity index (χ1v) is 6.74. The molecule has 0 aliphatic carbocycles. The molecule has 0 fully saturated rings. The maximum absolute atomic E-state index is 13.0. The second kappa shape index (κ2) is 6.61. The average molecular weight is 279 g/mol. The maximum atomic E-state index is 13.0. The lowest BCUT2D eigenvalue weighted by Crippen LogP contribution is -2.17. The van der Waals surface area contributed by atoms with E-state index in [4.69, 9.17) is 0 Å². The third-order valence-corrected chi connectivity index (χ3v) is 3.01. The number of aromatic nitrogens is 2. The first-order chi connectivity index (χ1) is 9.54. The van der Waals surface area contributed by atoms with Crippen molar-refractivity contribution in [3.63, 3.8) is 0 Å². The van der Waals surface area contributed by atoms with Crippen molar-refractivity contribution in [1.82, 2.24) is 15.1 Å². The zero-order chi connectivity index (χ0) is 14.5. The number of rotatable bonds is 6. The fourth-order valence-electron chi connectivity index (χ4n) is 1.96. The lowest BCUT2D eigenvalue weighted by Gasteiger charge is -2.05. The minimum absolute atomic E-state index is 0.346. The van der Waals surface area contributed by atoms with E-state index in [0.29, 0.717) is 31.1 Å². The molecular weight excluding hydrogens is 260 g/mol. The van der Waals surface area contributed by atoms with Gasteiger partial charge in [-0.3, -0.25) is 4.68 Å². The van der Waals surface area contributed by atoms with Gasteiger partial charge in [-0.05, 0) is 50.6 Å². The van der Waals surface area contributed by atoms with E-state index in [9.17, 15) is 8.78 Å². The van der Waals surface area contributed by atoms with Gasteiger partial charge in [-0.2, -0.15) is 5.10 Å². The van der Waals surface area contributed by atoms with Crippen LogP contribution >= 0.6 is 0 Å². The van der Waals surface area contributed by atoms with Crippen molar-refractivity contribution in [2.75, 3.05) is 6.54 Å². The normalized spacial score (nSPS) is 11.2. The summed E-state index contributed by atoms with van der Waals surface area (Å²) in [6, 6.07) is 5.92. The number of hydrogen-bond donors (Lipinski definition) is 1. The van der Waals surface area contributed by atoms with Crippen molar-refractivity contribution >= 4 is 0 Å². The Balaban J connectivity index is 1.78. The van der Waals surface area contributed by atoms with E-state index >= 15 is 0 Å². The van der Waals surface area contributed by atoms with Gasteiger partial charge < -0.3 is 5.32 Å². The summed E-state index contributed by atoms with van der Waals surface area (Å²) < 4.78 is 27.9. The van der Waals surface area contributed by atoms with E-state index in [2.05, 4.69) is 24.3 Å². The molecule has 2 aromatic rings. The summed E-state index contributed by atoms with van der Waals surface area (Å²) >= 11 is 0. The topological polar surface area (TPSA) is 29.9 Å². The van der Waals surface area contributed by atoms with Crippen molar-refractivity contribution < 1.29 is 8.78 Å². The second-order valence-electron chi connectivity index (χ2n) is 5.09. The van der Waals surface area contributed by atoms with Crippen LogP contribution in [0.4, 0.5) is 8.78 Å². The molecule has 1 aromatic carbocycles. The van der Waals surface area contributed by atoms with Gasteiger partial charge in [0.2, 0.25) is 0 Å². The molecule has 0 unspecified atom stereocenters. The van der Waals surface area contributed by atoms with Gasteiger partial charge in [0.1, 0.15) is 11.6 Å². The van der Waals surface area contributed by atoms with Crippen LogP contribution in [0.3, 0.4) is 0 Å². The molecule has 3 nitrogen and oxygen atoms in total. The molecule has 1 aromatic heterocycles. The number of nitrogens with zero attached hydrogens (tertiary/aromatic N) is 2. The Kier molecular flexibility index (Phi) is 4.84. The largest absolute Gasteiger partial charge is 0.311 e. The van der Waals surface area contributed by atoms with Gasteiger partial charge >= 0.3 is 0 Å². The van der Waals surface area contributed by atoms with Gasteiger partial charge in [0.25, 0.3) is 0 Å². The van der Waals surface area contributed by atoms with Crippen LogP contribution in [0.15, 0.2) is 30.5 Å². The highest BCUT2D eigenvalue weighted by molar-refractivity contribution is 5.18. The van der Waals surface area contributed by atoms with Crippen LogP contribution in [0.2, 0.25) is 0 Å². The van der Waals surface area contributed by atoms with Crippen LogP contribution in [-0.4, -0.2) is 16.3 Å². The van der Waals surface area contributed by atoms with Crippen LogP contribution in [0.1, 0.15) is 31.1 Å². The fourth-order valence-corrected chi connectivity index (χ4v) is 1.96. The molecule has 0 bridgehead atoms. The van der Waals surface area contributed by atoms with E-state index in [1.54, 1.807) is 0 Å². The van der Waals surface area contributed by atoms with Gasteiger partial charge in [0.15, 0.2) is 0 Å². The Labute approximate surface area is 117 Å². The van der Waals surface area contributed by atoms with Crippen LogP contribution < -0.4 is 5.32 Å². The summed E-state index contributed by atoms with van der Waals surface area (Å²) in [5.74, 6) is -1.06. The summed E-state index contributed by atoms with van der Waals surface area (Å²) in [6.07, 6.45) is 2.53. The van der Waals surface area contributed by atoms with Crippen LogP contribution in [0.5, 0.6) is 0 Å². The predicted molar refractivity (Wildman–Crippen MR) is 74.4 cm³/mol. The number of hydrogen-bond acceptors (Lipinski definition) is 2. The molecule has 0 radical (unpaired) electrons. The Bertz CT molecular complexity index is 544. The van der Waals surface area contributed by atoms with Gasteiger partial charge in [-0.15, -0.1) is 0 Å². The quantitative estimate of drug-likeness (QED) is 0.824. The first kappa shape index (κ1) is 14.7. The predicted octanol–water partition coefficient (Wildman–Crippen LogP) is 3.07. The lowest BCUT2D eigenvalue weighted by atomic mass is 10.1. The van der Waals surface area contributed by atoms with Crippen molar-refractivity contribution in [2.45, 2.75) is 32.9 Å². The molecule has 2 rings (SSSR count). The molecule has 20 heavy (non-hydrogen) atoms. The highest BCUT2D eigenvalue weighted by atomic mass is 19.1. The Hall–Kier alpha value is -1.75. The minimum Gasteiger partial charge on any atom is -0.311 e. The first-order valence-electron chi connectivity index (χ1n) is 6.74. The zero-order valence-corrected chi connectivity index (χ0v) is 11.7. The second-order valence-corrected chi connectivity index (χ2v) is 5.09. The summed E-state index contributed by atoms with van der Waals surface area (Å²) in [7, 11) is 0. The van der Waals surface area contributed by atoms with Crippen LogP contribution in [0.25, 0.3) is 0 Å². The van der Waals surface area contributed by atoms with Crippen molar-refractivity contribution in [3.8, 4) is 0 Å². The Morgan fingerprint density at radius 3 is 2.50 bits per heavy atom. The molecule has 108 valence electrons. The van der Waals surface area contributed by atoms with E-state index in [1.165, 1.54) is 12.1 Å².